The van der Waals surface area contributed by atoms with E-state index in [1.165, 1.54) is 26.1 Å². The summed E-state index contributed by atoms with van der Waals surface area (Å²) in [6.07, 6.45) is 1.23. The molecule has 0 fully saturated rings. The third-order valence-electron chi connectivity index (χ3n) is 2.01. The summed E-state index contributed by atoms with van der Waals surface area (Å²) in [7, 11) is 0. The van der Waals surface area contributed by atoms with Gasteiger partial charge in [0.2, 0.25) is 0 Å². The van der Waals surface area contributed by atoms with Crippen LogP contribution >= 0.6 is 23.2 Å². The number of Topliss-reactive ketones (excluding diaryl/α,β-unsaturated/α-hetero) is 2. The highest BCUT2D eigenvalue weighted by atomic mass is 35.5. The lowest BCUT2D eigenvalue weighted by Gasteiger charge is -2.14. The molecule has 1 rings (SSSR count). The van der Waals surface area contributed by atoms with Crippen molar-refractivity contribution < 1.29 is 9.59 Å². The molecule has 0 aliphatic carbocycles. The van der Waals surface area contributed by atoms with Crippen molar-refractivity contribution in [2.45, 2.75) is 19.9 Å². The first-order valence-corrected chi connectivity index (χ1v) is 5.18. The number of pyridine rings is 1. The van der Waals surface area contributed by atoms with Crippen molar-refractivity contribution in [3.8, 4) is 0 Å². The van der Waals surface area contributed by atoms with Crippen LogP contribution in [0.2, 0.25) is 10.0 Å². The highest BCUT2D eigenvalue weighted by Gasteiger charge is 2.23. The Kier molecular flexibility index (Phi) is 3.88. The molecular weight excluding hydrogens is 253 g/mol. The number of hydrogen-bond acceptors (Lipinski definition) is 3. The SMILES string of the molecule is CC(=O)C(C(C)=O)n1cc(Cl)cc(Cl)c1=O. The molecule has 0 spiro atoms. The minimum absolute atomic E-state index is 0.125. The highest BCUT2D eigenvalue weighted by molar-refractivity contribution is 6.34. The molecule has 0 saturated carbocycles. The maximum atomic E-state index is 11.6. The predicted molar refractivity (Wildman–Crippen MR) is 61.1 cm³/mol. The van der Waals surface area contributed by atoms with E-state index in [1.807, 2.05) is 0 Å². The molecule has 1 aromatic heterocycles. The first kappa shape index (κ1) is 12.9. The van der Waals surface area contributed by atoms with Crippen LogP contribution in [0.15, 0.2) is 17.1 Å². The molecule has 0 unspecified atom stereocenters. The Morgan fingerprint density at radius 1 is 1.25 bits per heavy atom. The summed E-state index contributed by atoms with van der Waals surface area (Å²) in [6.45, 7) is 2.46. The Balaban J connectivity index is 3.47. The standard InChI is InChI=1S/C10H9Cl2NO3/c1-5(14)9(6(2)15)13-4-7(11)3-8(12)10(13)16/h3-4,9H,1-2H3. The number of rotatable bonds is 3. The van der Waals surface area contributed by atoms with Gasteiger partial charge in [0.15, 0.2) is 17.6 Å². The van der Waals surface area contributed by atoms with Gasteiger partial charge in [-0.05, 0) is 19.9 Å². The van der Waals surface area contributed by atoms with Crippen LogP contribution in [0.4, 0.5) is 0 Å². The first-order valence-electron chi connectivity index (χ1n) is 4.42. The van der Waals surface area contributed by atoms with E-state index in [0.29, 0.717) is 0 Å². The van der Waals surface area contributed by atoms with Gasteiger partial charge in [-0.3, -0.25) is 19.0 Å². The van der Waals surface area contributed by atoms with Crippen LogP contribution < -0.4 is 5.56 Å². The van der Waals surface area contributed by atoms with Crippen LogP contribution in [0, 0.1) is 0 Å². The normalized spacial score (nSPS) is 10.6. The van der Waals surface area contributed by atoms with E-state index in [9.17, 15) is 14.4 Å². The van der Waals surface area contributed by atoms with E-state index in [1.54, 1.807) is 0 Å². The Morgan fingerprint density at radius 3 is 2.19 bits per heavy atom. The molecule has 1 heterocycles. The van der Waals surface area contributed by atoms with Crippen molar-refractivity contribution in [3.05, 3.63) is 32.7 Å². The molecule has 0 aromatic carbocycles. The number of hydrogen-bond donors (Lipinski definition) is 0. The van der Waals surface area contributed by atoms with Crippen molar-refractivity contribution in [1.82, 2.24) is 4.57 Å². The second-order valence-electron chi connectivity index (χ2n) is 3.34. The first-order chi connectivity index (χ1) is 7.34. The number of aromatic nitrogens is 1. The van der Waals surface area contributed by atoms with Gasteiger partial charge in [-0.1, -0.05) is 23.2 Å². The van der Waals surface area contributed by atoms with Crippen LogP contribution in [0.3, 0.4) is 0 Å². The molecule has 1 aromatic rings. The van der Waals surface area contributed by atoms with Gasteiger partial charge < -0.3 is 0 Å². The number of ketones is 2. The van der Waals surface area contributed by atoms with Gasteiger partial charge >= 0.3 is 0 Å². The molecule has 16 heavy (non-hydrogen) atoms. The number of halogens is 2. The third-order valence-corrected chi connectivity index (χ3v) is 2.49. The number of carbonyl (C=O) groups is 2. The minimum Gasteiger partial charge on any atom is -0.297 e. The summed E-state index contributed by atoms with van der Waals surface area (Å²) in [4.78, 5) is 34.2. The Bertz CT molecular complexity index is 493. The fraction of sp³-hybridized carbons (Fsp3) is 0.300. The van der Waals surface area contributed by atoms with E-state index >= 15 is 0 Å². The second-order valence-corrected chi connectivity index (χ2v) is 4.19. The molecule has 0 saturated heterocycles. The lowest BCUT2D eigenvalue weighted by Crippen LogP contribution is -2.33. The molecule has 86 valence electrons. The maximum Gasteiger partial charge on any atom is 0.270 e. The molecule has 0 atom stereocenters. The zero-order chi connectivity index (χ0) is 12.5. The summed E-state index contributed by atoms with van der Waals surface area (Å²) in [5, 5.41) is 0.0668. The monoisotopic (exact) mass is 261 g/mol. The summed E-state index contributed by atoms with van der Waals surface area (Å²) in [5.74, 6) is -0.874. The molecule has 0 N–H and O–H groups in total. The van der Waals surface area contributed by atoms with Gasteiger partial charge in [-0.15, -0.1) is 0 Å². The van der Waals surface area contributed by atoms with E-state index < -0.39 is 23.2 Å². The maximum absolute atomic E-state index is 11.6. The minimum atomic E-state index is -1.16. The van der Waals surface area contributed by atoms with Gasteiger partial charge in [0, 0.05) is 6.20 Å². The second kappa shape index (κ2) is 4.80. The smallest absolute Gasteiger partial charge is 0.270 e. The van der Waals surface area contributed by atoms with Crippen molar-refractivity contribution in [2.24, 2.45) is 0 Å². The summed E-state index contributed by atoms with van der Waals surface area (Å²) >= 11 is 11.3. The summed E-state index contributed by atoms with van der Waals surface area (Å²) < 4.78 is 0.954. The summed E-state index contributed by atoms with van der Waals surface area (Å²) in [6, 6.07) is 0.0999. The zero-order valence-corrected chi connectivity index (χ0v) is 10.2. The van der Waals surface area contributed by atoms with Gasteiger partial charge in [0.1, 0.15) is 5.02 Å². The third kappa shape index (κ3) is 2.51. The van der Waals surface area contributed by atoms with Gasteiger partial charge in [0.05, 0.1) is 5.02 Å². The summed E-state index contributed by atoms with van der Waals surface area (Å²) in [5.41, 5.74) is -0.610. The molecule has 0 aliphatic rings. The van der Waals surface area contributed by atoms with E-state index in [0.717, 1.165) is 4.57 Å². The molecule has 0 radical (unpaired) electrons. The van der Waals surface area contributed by atoms with Crippen LogP contribution in [-0.2, 0) is 9.59 Å². The van der Waals surface area contributed by atoms with Gasteiger partial charge in [-0.2, -0.15) is 0 Å². The number of nitrogens with zero attached hydrogens (tertiary/aromatic N) is 1. The van der Waals surface area contributed by atoms with E-state index in [2.05, 4.69) is 0 Å². The van der Waals surface area contributed by atoms with Crippen LogP contribution in [-0.4, -0.2) is 16.1 Å². The zero-order valence-electron chi connectivity index (χ0n) is 8.66. The van der Waals surface area contributed by atoms with Crippen LogP contribution in [0.1, 0.15) is 19.9 Å². The quantitative estimate of drug-likeness (QED) is 0.781. The molecular formula is C10H9Cl2NO3. The predicted octanol–water partition coefficient (Wildman–Crippen LogP) is 1.87. The molecule has 0 amide bonds. The lowest BCUT2D eigenvalue weighted by atomic mass is 10.1. The van der Waals surface area contributed by atoms with E-state index in [-0.39, 0.29) is 10.0 Å². The van der Waals surface area contributed by atoms with Gasteiger partial charge in [-0.25, -0.2) is 0 Å². The Hall–Kier alpha value is -1.13. The number of carbonyl (C=O) groups excluding carboxylic acids is 2. The van der Waals surface area contributed by atoms with E-state index in [4.69, 9.17) is 23.2 Å². The fourth-order valence-electron chi connectivity index (χ4n) is 1.40. The fourth-order valence-corrected chi connectivity index (χ4v) is 1.89. The van der Waals surface area contributed by atoms with Crippen molar-refractivity contribution >= 4 is 34.8 Å². The average Bonchev–Trinajstić information content (AvgIpc) is 2.12. The molecule has 0 bridgehead atoms. The highest BCUT2D eigenvalue weighted by Crippen LogP contribution is 2.15. The Morgan fingerprint density at radius 2 is 1.75 bits per heavy atom. The Labute approximate surface area is 102 Å². The van der Waals surface area contributed by atoms with Crippen LogP contribution in [0.5, 0.6) is 0 Å². The molecule has 6 heteroatoms. The molecule has 4 nitrogen and oxygen atoms in total. The van der Waals surface area contributed by atoms with Gasteiger partial charge in [0.25, 0.3) is 5.56 Å². The van der Waals surface area contributed by atoms with Crippen molar-refractivity contribution in [1.29, 1.82) is 0 Å². The van der Waals surface area contributed by atoms with Crippen molar-refractivity contribution in [2.75, 3.05) is 0 Å². The average molecular weight is 262 g/mol. The van der Waals surface area contributed by atoms with Crippen molar-refractivity contribution in [3.63, 3.8) is 0 Å². The topological polar surface area (TPSA) is 56.1 Å². The largest absolute Gasteiger partial charge is 0.297 e. The molecule has 0 aliphatic heterocycles. The lowest BCUT2D eigenvalue weighted by molar-refractivity contribution is -0.129. The van der Waals surface area contributed by atoms with Crippen LogP contribution in [0.25, 0.3) is 0 Å².